The van der Waals surface area contributed by atoms with Crippen molar-refractivity contribution in [2.75, 3.05) is 18.5 Å². The average molecular weight is 252 g/mol. The normalized spacial score (nSPS) is 14.3. The van der Waals surface area contributed by atoms with Gasteiger partial charge in [0.2, 0.25) is 5.95 Å². The van der Waals surface area contributed by atoms with Crippen LogP contribution in [0.15, 0.2) is 6.20 Å². The third kappa shape index (κ3) is 3.28. The number of anilines is 1. The first kappa shape index (κ1) is 12.5. The molecule has 1 aliphatic rings. The van der Waals surface area contributed by atoms with Crippen LogP contribution in [0.1, 0.15) is 26.2 Å². The van der Waals surface area contributed by atoms with Gasteiger partial charge in [-0.1, -0.05) is 6.92 Å². The Morgan fingerprint density at radius 3 is 3.00 bits per heavy atom. The van der Waals surface area contributed by atoms with Crippen molar-refractivity contribution in [3.63, 3.8) is 0 Å². The van der Waals surface area contributed by atoms with Crippen LogP contribution in [0.4, 0.5) is 11.6 Å². The van der Waals surface area contributed by atoms with Crippen molar-refractivity contribution >= 4 is 11.6 Å². The summed E-state index contributed by atoms with van der Waals surface area (Å²) in [6, 6.07) is 0. The number of nitrogens with one attached hydrogen (secondary N) is 1. The van der Waals surface area contributed by atoms with E-state index in [2.05, 4.69) is 15.3 Å². The van der Waals surface area contributed by atoms with Crippen LogP contribution in [0.3, 0.4) is 0 Å². The predicted octanol–water partition coefficient (Wildman–Crippen LogP) is 2.00. The maximum Gasteiger partial charge on any atom is 0.349 e. The van der Waals surface area contributed by atoms with Gasteiger partial charge in [-0.3, -0.25) is 10.1 Å². The lowest BCUT2D eigenvalue weighted by molar-refractivity contribution is -0.386. The Morgan fingerprint density at radius 1 is 1.61 bits per heavy atom. The van der Waals surface area contributed by atoms with E-state index in [0.29, 0.717) is 18.5 Å². The summed E-state index contributed by atoms with van der Waals surface area (Å²) >= 11 is 0. The molecule has 1 aromatic heterocycles. The molecule has 1 heterocycles. The van der Waals surface area contributed by atoms with Gasteiger partial charge < -0.3 is 10.1 Å². The Labute approximate surface area is 105 Å². The minimum absolute atomic E-state index is 0.0560. The molecule has 1 aromatic rings. The zero-order chi connectivity index (χ0) is 13.0. The maximum atomic E-state index is 10.8. The molecular weight excluding hydrogens is 236 g/mol. The van der Waals surface area contributed by atoms with Crippen molar-refractivity contribution in [1.82, 2.24) is 9.97 Å². The number of hydrogen-bond donors (Lipinski definition) is 1. The van der Waals surface area contributed by atoms with E-state index in [1.165, 1.54) is 6.20 Å². The predicted molar refractivity (Wildman–Crippen MR) is 65.7 cm³/mol. The second kappa shape index (κ2) is 5.61. The van der Waals surface area contributed by atoms with E-state index >= 15 is 0 Å². The molecule has 2 rings (SSSR count). The molecule has 98 valence electrons. The molecule has 0 spiro atoms. The topological polar surface area (TPSA) is 90.2 Å². The highest BCUT2D eigenvalue weighted by atomic mass is 16.6. The molecule has 0 radical (unpaired) electrons. The van der Waals surface area contributed by atoms with Gasteiger partial charge >= 0.3 is 5.69 Å². The van der Waals surface area contributed by atoms with Crippen molar-refractivity contribution in [3.05, 3.63) is 16.3 Å². The maximum absolute atomic E-state index is 10.8. The first-order valence-corrected chi connectivity index (χ1v) is 6.08. The molecular formula is C11H16N4O3. The molecule has 18 heavy (non-hydrogen) atoms. The summed E-state index contributed by atoms with van der Waals surface area (Å²) in [5.74, 6) is 0.945. The van der Waals surface area contributed by atoms with E-state index in [4.69, 9.17) is 4.74 Å². The van der Waals surface area contributed by atoms with Gasteiger partial charge in [0.1, 0.15) is 6.20 Å². The fourth-order valence-electron chi connectivity index (χ4n) is 1.39. The van der Waals surface area contributed by atoms with Gasteiger partial charge in [0.25, 0.3) is 5.88 Å². The van der Waals surface area contributed by atoms with Crippen LogP contribution in [0, 0.1) is 16.0 Å². The Morgan fingerprint density at radius 2 is 2.39 bits per heavy atom. The van der Waals surface area contributed by atoms with Gasteiger partial charge in [-0.05, 0) is 25.2 Å². The molecule has 7 nitrogen and oxygen atoms in total. The number of ether oxygens (including phenoxy) is 1. The molecule has 7 heteroatoms. The van der Waals surface area contributed by atoms with Gasteiger partial charge in [0.15, 0.2) is 0 Å². The average Bonchev–Trinajstić information content (AvgIpc) is 3.17. The summed E-state index contributed by atoms with van der Waals surface area (Å²) in [5.41, 5.74) is -0.183. The van der Waals surface area contributed by atoms with Crippen LogP contribution in [-0.4, -0.2) is 28.0 Å². The smallest absolute Gasteiger partial charge is 0.349 e. The van der Waals surface area contributed by atoms with Crippen LogP contribution >= 0.6 is 0 Å². The molecule has 0 aliphatic heterocycles. The minimum atomic E-state index is -0.522. The summed E-state index contributed by atoms with van der Waals surface area (Å²) in [6.45, 7) is 3.23. The second-order valence-electron chi connectivity index (χ2n) is 4.32. The third-order valence-electron chi connectivity index (χ3n) is 2.62. The van der Waals surface area contributed by atoms with Crippen LogP contribution < -0.4 is 10.1 Å². The zero-order valence-corrected chi connectivity index (χ0v) is 10.3. The van der Waals surface area contributed by atoms with Crippen molar-refractivity contribution in [2.24, 2.45) is 5.92 Å². The quantitative estimate of drug-likeness (QED) is 0.589. The SMILES string of the molecule is CCCNc1ncc([N+](=O)[O-])c(OCC2CC2)n1. The minimum Gasteiger partial charge on any atom is -0.472 e. The Hall–Kier alpha value is -1.92. The van der Waals surface area contributed by atoms with E-state index < -0.39 is 4.92 Å². The lowest BCUT2D eigenvalue weighted by atomic mass is 10.4. The lowest BCUT2D eigenvalue weighted by Gasteiger charge is -2.07. The van der Waals surface area contributed by atoms with Crippen molar-refractivity contribution in [1.29, 1.82) is 0 Å². The molecule has 0 amide bonds. The van der Waals surface area contributed by atoms with Crippen molar-refractivity contribution < 1.29 is 9.66 Å². The lowest BCUT2D eigenvalue weighted by Crippen LogP contribution is -2.09. The standard InChI is InChI=1S/C11H16N4O3/c1-2-5-12-11-13-6-9(15(16)17)10(14-11)18-7-8-3-4-8/h6,8H,2-5,7H2,1H3,(H,12,13,14). The highest BCUT2D eigenvalue weighted by molar-refractivity contribution is 5.43. The fourth-order valence-corrected chi connectivity index (χ4v) is 1.39. The molecule has 0 aromatic carbocycles. The van der Waals surface area contributed by atoms with E-state index in [1.54, 1.807) is 0 Å². The Balaban J connectivity index is 2.10. The van der Waals surface area contributed by atoms with E-state index in [0.717, 1.165) is 25.8 Å². The molecule has 1 saturated carbocycles. The molecule has 0 saturated heterocycles. The van der Waals surface area contributed by atoms with E-state index in [-0.39, 0.29) is 11.6 Å². The van der Waals surface area contributed by atoms with Crippen LogP contribution in [0.25, 0.3) is 0 Å². The number of nitro groups is 1. The first-order chi connectivity index (χ1) is 8.70. The van der Waals surface area contributed by atoms with Crippen LogP contribution in [0.5, 0.6) is 5.88 Å². The van der Waals surface area contributed by atoms with Crippen molar-refractivity contribution in [3.8, 4) is 5.88 Å². The summed E-state index contributed by atoms with van der Waals surface area (Å²) < 4.78 is 5.41. The first-order valence-electron chi connectivity index (χ1n) is 6.08. The molecule has 0 atom stereocenters. The largest absolute Gasteiger partial charge is 0.472 e. The highest BCUT2D eigenvalue weighted by Gasteiger charge is 2.25. The molecule has 0 bridgehead atoms. The number of aromatic nitrogens is 2. The summed E-state index contributed by atoms with van der Waals surface area (Å²) in [6.07, 6.45) is 4.37. The fraction of sp³-hybridized carbons (Fsp3) is 0.636. The van der Waals surface area contributed by atoms with E-state index in [9.17, 15) is 10.1 Å². The summed E-state index contributed by atoms with van der Waals surface area (Å²) in [7, 11) is 0. The summed E-state index contributed by atoms with van der Waals surface area (Å²) in [4.78, 5) is 18.3. The third-order valence-corrected chi connectivity index (χ3v) is 2.62. The van der Waals surface area contributed by atoms with E-state index in [1.807, 2.05) is 6.92 Å². The van der Waals surface area contributed by atoms with Crippen LogP contribution in [-0.2, 0) is 0 Å². The van der Waals surface area contributed by atoms with Crippen LogP contribution in [0.2, 0.25) is 0 Å². The van der Waals surface area contributed by atoms with Crippen molar-refractivity contribution in [2.45, 2.75) is 26.2 Å². The monoisotopic (exact) mass is 252 g/mol. The van der Waals surface area contributed by atoms with Gasteiger partial charge in [-0.15, -0.1) is 0 Å². The summed E-state index contributed by atoms with van der Waals surface area (Å²) in [5, 5.41) is 13.8. The number of nitrogens with zero attached hydrogens (tertiary/aromatic N) is 3. The molecule has 1 N–H and O–H groups in total. The molecule has 1 fully saturated rings. The van der Waals surface area contributed by atoms with Gasteiger partial charge in [0.05, 0.1) is 11.5 Å². The highest BCUT2D eigenvalue weighted by Crippen LogP contribution is 2.31. The number of hydrogen-bond acceptors (Lipinski definition) is 6. The Bertz CT molecular complexity index is 434. The molecule has 0 unspecified atom stereocenters. The zero-order valence-electron chi connectivity index (χ0n) is 10.3. The van der Waals surface area contributed by atoms with Gasteiger partial charge in [-0.2, -0.15) is 4.98 Å². The van der Waals surface area contributed by atoms with Gasteiger partial charge in [-0.25, -0.2) is 4.98 Å². The van der Waals surface area contributed by atoms with Gasteiger partial charge in [0, 0.05) is 6.54 Å². The Kier molecular flexibility index (Phi) is 3.91. The number of rotatable bonds is 7. The second-order valence-corrected chi connectivity index (χ2v) is 4.32. The molecule has 1 aliphatic carbocycles.